The summed E-state index contributed by atoms with van der Waals surface area (Å²) < 4.78 is 3.83. The van der Waals surface area contributed by atoms with Gasteiger partial charge in [-0.15, -0.1) is 0 Å². The van der Waals surface area contributed by atoms with Gasteiger partial charge in [0.2, 0.25) is 0 Å². The second kappa shape index (κ2) is 7.20. The minimum Gasteiger partial charge on any atom is -0.344 e. The van der Waals surface area contributed by atoms with Gasteiger partial charge in [0.15, 0.2) is 5.69 Å². The number of amides is 1. The topological polar surface area (TPSA) is 64.7 Å². The first-order valence-electron chi connectivity index (χ1n) is 10.0. The molecule has 2 heterocycles. The fraction of sp³-hybridized carbons (Fsp3) is 0.261. The van der Waals surface area contributed by atoms with Gasteiger partial charge in [-0.3, -0.25) is 14.2 Å². The zero-order chi connectivity index (χ0) is 19.8. The summed E-state index contributed by atoms with van der Waals surface area (Å²) >= 11 is 0. The third-order valence-corrected chi connectivity index (χ3v) is 5.72. The number of aromatic nitrogens is 4. The van der Waals surface area contributed by atoms with Crippen molar-refractivity contribution >= 4 is 16.8 Å². The van der Waals surface area contributed by atoms with Crippen molar-refractivity contribution in [1.82, 2.24) is 24.9 Å². The van der Waals surface area contributed by atoms with E-state index < -0.39 is 0 Å². The highest BCUT2D eigenvalue weighted by atomic mass is 16.2. The molecule has 1 unspecified atom stereocenters. The van der Waals surface area contributed by atoms with E-state index in [-0.39, 0.29) is 11.9 Å². The van der Waals surface area contributed by atoms with Gasteiger partial charge in [-0.1, -0.05) is 48.5 Å². The smallest absolute Gasteiger partial charge is 0.272 e. The van der Waals surface area contributed by atoms with E-state index in [0.29, 0.717) is 5.69 Å². The van der Waals surface area contributed by atoms with E-state index in [2.05, 4.69) is 32.3 Å². The number of aryl methyl sites for hydroxylation is 1. The average Bonchev–Trinajstić information content (AvgIpc) is 3.31. The van der Waals surface area contributed by atoms with Crippen molar-refractivity contribution in [2.75, 3.05) is 0 Å². The van der Waals surface area contributed by atoms with Crippen molar-refractivity contribution in [3.8, 4) is 0 Å². The van der Waals surface area contributed by atoms with Crippen molar-refractivity contribution in [2.45, 2.75) is 31.8 Å². The summed E-state index contributed by atoms with van der Waals surface area (Å²) in [7, 11) is 1.87. The summed E-state index contributed by atoms with van der Waals surface area (Å²) in [5.41, 5.74) is 5.01. The number of hydrogen-bond donors (Lipinski definition) is 1. The number of hydrogen-bond acceptors (Lipinski definition) is 3. The molecule has 0 aliphatic heterocycles. The Bertz CT molecular complexity index is 1170. The predicted octanol–water partition coefficient (Wildman–Crippen LogP) is 3.63. The molecule has 5 rings (SSSR count). The number of nitrogens with one attached hydrogen (secondary N) is 1. The molecule has 1 aliphatic rings. The number of benzene rings is 2. The molecule has 1 N–H and O–H groups in total. The minimum atomic E-state index is -0.129. The molecule has 146 valence electrons. The fourth-order valence-electron chi connectivity index (χ4n) is 4.27. The molecule has 0 spiro atoms. The van der Waals surface area contributed by atoms with E-state index in [1.165, 1.54) is 11.3 Å². The summed E-state index contributed by atoms with van der Waals surface area (Å²) in [5, 5.41) is 13.2. The van der Waals surface area contributed by atoms with Crippen molar-refractivity contribution in [3.05, 3.63) is 83.3 Å². The molecular weight excluding hydrogens is 362 g/mol. The summed E-state index contributed by atoms with van der Waals surface area (Å²) in [6, 6.07) is 18.1. The van der Waals surface area contributed by atoms with E-state index in [0.717, 1.165) is 42.3 Å². The van der Waals surface area contributed by atoms with Gasteiger partial charge in [-0.05, 0) is 30.9 Å². The molecule has 1 aliphatic carbocycles. The van der Waals surface area contributed by atoms with Gasteiger partial charge in [-0.2, -0.15) is 10.2 Å². The number of rotatable bonds is 4. The van der Waals surface area contributed by atoms with Gasteiger partial charge in [0, 0.05) is 23.7 Å². The summed E-state index contributed by atoms with van der Waals surface area (Å²) in [4.78, 5) is 13.0. The van der Waals surface area contributed by atoms with E-state index in [1.54, 1.807) is 4.68 Å². The molecule has 6 nitrogen and oxygen atoms in total. The standard InChI is InChI=1S/C23H23N5O/c1-27-20-12-6-5-10-17(20)22(26-27)23(29)25-19-11-7-13-21-18(19)14-24-28(21)15-16-8-3-2-4-9-16/h2-6,8-10,12,14,19H,7,11,13,15H2,1H3,(H,25,29). The van der Waals surface area contributed by atoms with Crippen molar-refractivity contribution in [2.24, 2.45) is 7.05 Å². The molecule has 2 aromatic heterocycles. The van der Waals surface area contributed by atoms with Crippen LogP contribution in [0.25, 0.3) is 10.9 Å². The molecule has 29 heavy (non-hydrogen) atoms. The normalized spacial score (nSPS) is 16.0. The molecule has 0 fully saturated rings. The maximum atomic E-state index is 13.0. The second-order valence-electron chi connectivity index (χ2n) is 7.60. The predicted molar refractivity (Wildman–Crippen MR) is 112 cm³/mol. The van der Waals surface area contributed by atoms with Crippen LogP contribution in [-0.2, 0) is 20.0 Å². The van der Waals surface area contributed by atoms with Crippen LogP contribution in [0.1, 0.15) is 46.2 Å². The lowest BCUT2D eigenvalue weighted by Gasteiger charge is -2.24. The number of carbonyl (C=O) groups is 1. The quantitative estimate of drug-likeness (QED) is 0.583. The molecule has 1 amide bonds. The van der Waals surface area contributed by atoms with Crippen molar-refractivity contribution in [1.29, 1.82) is 0 Å². The highest BCUT2D eigenvalue weighted by Crippen LogP contribution is 2.30. The third-order valence-electron chi connectivity index (χ3n) is 5.72. The zero-order valence-corrected chi connectivity index (χ0v) is 16.4. The summed E-state index contributed by atoms with van der Waals surface area (Å²) in [5.74, 6) is -0.129. The molecule has 6 heteroatoms. The zero-order valence-electron chi connectivity index (χ0n) is 16.4. The molecule has 0 saturated carbocycles. The Balaban J connectivity index is 1.40. The van der Waals surface area contributed by atoms with Crippen LogP contribution in [0.15, 0.2) is 60.8 Å². The fourth-order valence-corrected chi connectivity index (χ4v) is 4.27. The molecule has 1 atom stereocenters. The summed E-state index contributed by atoms with van der Waals surface area (Å²) in [6.07, 6.45) is 4.85. The summed E-state index contributed by atoms with van der Waals surface area (Å²) in [6.45, 7) is 0.752. The first-order valence-corrected chi connectivity index (χ1v) is 10.0. The van der Waals surface area contributed by atoms with Crippen LogP contribution in [0.3, 0.4) is 0 Å². The number of para-hydroxylation sites is 1. The lowest BCUT2D eigenvalue weighted by atomic mass is 9.92. The SMILES string of the molecule is Cn1nc(C(=O)NC2CCCc3c2cnn3Cc2ccccc2)c2ccccc21. The Kier molecular flexibility index (Phi) is 4.39. The van der Waals surface area contributed by atoms with E-state index >= 15 is 0 Å². The van der Waals surface area contributed by atoms with Gasteiger partial charge >= 0.3 is 0 Å². The molecule has 0 radical (unpaired) electrons. The van der Waals surface area contributed by atoms with E-state index in [4.69, 9.17) is 0 Å². The van der Waals surface area contributed by atoms with Crippen LogP contribution in [0.4, 0.5) is 0 Å². The van der Waals surface area contributed by atoms with E-state index in [1.807, 2.05) is 55.7 Å². The maximum absolute atomic E-state index is 13.0. The highest BCUT2D eigenvalue weighted by molar-refractivity contribution is 6.05. The van der Waals surface area contributed by atoms with Crippen LogP contribution >= 0.6 is 0 Å². The van der Waals surface area contributed by atoms with Crippen LogP contribution in [0.2, 0.25) is 0 Å². The number of carbonyl (C=O) groups excluding carboxylic acids is 1. The van der Waals surface area contributed by atoms with Crippen molar-refractivity contribution < 1.29 is 4.79 Å². The number of fused-ring (bicyclic) bond motifs is 2. The Morgan fingerprint density at radius 1 is 1.14 bits per heavy atom. The number of nitrogens with zero attached hydrogens (tertiary/aromatic N) is 4. The van der Waals surface area contributed by atoms with E-state index in [9.17, 15) is 4.79 Å². The molecule has 2 aromatic carbocycles. The molecule has 4 aromatic rings. The average molecular weight is 385 g/mol. The lowest BCUT2D eigenvalue weighted by molar-refractivity contribution is 0.0928. The Labute approximate surface area is 169 Å². The maximum Gasteiger partial charge on any atom is 0.272 e. The van der Waals surface area contributed by atoms with Crippen molar-refractivity contribution in [3.63, 3.8) is 0 Å². The van der Waals surface area contributed by atoms with Crippen LogP contribution in [-0.4, -0.2) is 25.5 Å². The Morgan fingerprint density at radius 3 is 2.79 bits per heavy atom. The monoisotopic (exact) mass is 385 g/mol. The molecule has 0 bridgehead atoms. The first-order chi connectivity index (χ1) is 14.2. The first kappa shape index (κ1) is 17.7. The highest BCUT2D eigenvalue weighted by Gasteiger charge is 2.27. The minimum absolute atomic E-state index is 0.0310. The Hall–Kier alpha value is -3.41. The second-order valence-corrected chi connectivity index (χ2v) is 7.60. The molecule has 0 saturated heterocycles. The van der Waals surface area contributed by atoms with Gasteiger partial charge in [0.1, 0.15) is 0 Å². The van der Waals surface area contributed by atoms with Crippen LogP contribution in [0, 0.1) is 0 Å². The van der Waals surface area contributed by atoms with Gasteiger partial charge in [-0.25, -0.2) is 0 Å². The van der Waals surface area contributed by atoms with Gasteiger partial charge in [0.25, 0.3) is 5.91 Å². The van der Waals surface area contributed by atoms with Crippen LogP contribution < -0.4 is 5.32 Å². The largest absolute Gasteiger partial charge is 0.344 e. The Morgan fingerprint density at radius 2 is 1.93 bits per heavy atom. The molecular formula is C23H23N5O. The lowest BCUT2D eigenvalue weighted by Crippen LogP contribution is -2.31. The van der Waals surface area contributed by atoms with Gasteiger partial charge < -0.3 is 5.32 Å². The third kappa shape index (κ3) is 3.20. The van der Waals surface area contributed by atoms with Gasteiger partial charge in [0.05, 0.1) is 24.3 Å². The van der Waals surface area contributed by atoms with Crippen LogP contribution in [0.5, 0.6) is 0 Å².